The van der Waals surface area contributed by atoms with Crippen LogP contribution in [0.15, 0.2) is 18.2 Å². The summed E-state index contributed by atoms with van der Waals surface area (Å²) in [5.41, 5.74) is 1.48. The Morgan fingerprint density at radius 3 is 2.30 bits per heavy atom. The Hall–Kier alpha value is -1.95. The van der Waals surface area contributed by atoms with E-state index in [4.69, 9.17) is 0 Å². The molecular weight excluding hydrogens is 417 g/mol. The zero-order chi connectivity index (χ0) is 24.0. The fourth-order valence-electron chi connectivity index (χ4n) is 4.73. The molecule has 0 aromatic heterocycles. The molecule has 184 valence electrons. The number of anilines is 1. The number of amides is 2. The molecule has 0 radical (unpaired) electrons. The van der Waals surface area contributed by atoms with Gasteiger partial charge < -0.3 is 14.7 Å². The molecular formula is C27H42FN3O2. The first kappa shape index (κ1) is 25.7. The third-order valence-electron chi connectivity index (χ3n) is 6.47. The van der Waals surface area contributed by atoms with Crippen LogP contribution in [0.25, 0.3) is 0 Å². The maximum atomic E-state index is 14.3. The summed E-state index contributed by atoms with van der Waals surface area (Å²) in [5.74, 6) is 1.22. The van der Waals surface area contributed by atoms with Crippen molar-refractivity contribution in [1.29, 1.82) is 0 Å². The fraction of sp³-hybridized carbons (Fsp3) is 0.704. The molecule has 6 heteroatoms. The fourth-order valence-corrected chi connectivity index (χ4v) is 4.73. The van der Waals surface area contributed by atoms with Crippen molar-refractivity contribution in [1.82, 2.24) is 9.80 Å². The Morgan fingerprint density at radius 2 is 1.67 bits per heavy atom. The van der Waals surface area contributed by atoms with Gasteiger partial charge in [0.1, 0.15) is 5.82 Å². The standard InChI is InChI=1S/C27H42FN3O2/c1-20(2)15-27(33)31-14-6-12-29(18-21(3)4)11-5-13-30(26(32)16-22-7-8-22)19-23-17-24(28)9-10-25(23)31/h9-10,17,20-22H,5-8,11-16,18-19H2,1-4H3. The number of halogens is 1. The van der Waals surface area contributed by atoms with Crippen LogP contribution < -0.4 is 4.90 Å². The summed E-state index contributed by atoms with van der Waals surface area (Å²) in [4.78, 5) is 32.6. The second-order valence-corrected chi connectivity index (χ2v) is 10.8. The Bertz CT molecular complexity index is 807. The molecule has 1 saturated carbocycles. The molecule has 5 nitrogen and oxygen atoms in total. The topological polar surface area (TPSA) is 43.9 Å². The van der Waals surface area contributed by atoms with E-state index in [1.807, 2.05) is 23.6 Å². The van der Waals surface area contributed by atoms with Crippen LogP contribution in [0.5, 0.6) is 0 Å². The Balaban J connectivity index is 1.92. The maximum absolute atomic E-state index is 14.3. The summed E-state index contributed by atoms with van der Waals surface area (Å²) < 4.78 is 14.3. The van der Waals surface area contributed by atoms with Crippen molar-refractivity contribution in [2.45, 2.75) is 72.8 Å². The summed E-state index contributed by atoms with van der Waals surface area (Å²) in [6, 6.07) is 4.67. The number of carbonyl (C=O) groups is 2. The average Bonchev–Trinajstić information content (AvgIpc) is 3.53. The number of hydrogen-bond acceptors (Lipinski definition) is 3. The lowest BCUT2D eigenvalue weighted by Gasteiger charge is -2.32. The number of hydrogen-bond donors (Lipinski definition) is 0. The van der Waals surface area contributed by atoms with Gasteiger partial charge in [0.15, 0.2) is 0 Å². The van der Waals surface area contributed by atoms with Crippen LogP contribution in [0, 0.1) is 23.6 Å². The van der Waals surface area contributed by atoms with Gasteiger partial charge in [-0.1, -0.05) is 27.7 Å². The second kappa shape index (κ2) is 12.0. The van der Waals surface area contributed by atoms with Crippen LogP contribution in [0.3, 0.4) is 0 Å². The molecule has 1 fully saturated rings. The third kappa shape index (κ3) is 8.09. The van der Waals surface area contributed by atoms with E-state index >= 15 is 0 Å². The zero-order valence-electron chi connectivity index (χ0n) is 21.0. The van der Waals surface area contributed by atoms with Crippen molar-refractivity contribution >= 4 is 17.5 Å². The molecule has 1 aliphatic heterocycles. The van der Waals surface area contributed by atoms with Crippen LogP contribution >= 0.6 is 0 Å². The van der Waals surface area contributed by atoms with E-state index < -0.39 is 0 Å². The van der Waals surface area contributed by atoms with E-state index in [1.165, 1.54) is 12.1 Å². The molecule has 0 N–H and O–H groups in total. The highest BCUT2D eigenvalue weighted by molar-refractivity contribution is 5.94. The largest absolute Gasteiger partial charge is 0.338 e. The molecule has 1 aromatic carbocycles. The summed E-state index contributed by atoms with van der Waals surface area (Å²) in [7, 11) is 0. The highest BCUT2D eigenvalue weighted by Crippen LogP contribution is 2.33. The number of carbonyl (C=O) groups excluding carboxylic acids is 2. The predicted octanol–water partition coefficient (Wildman–Crippen LogP) is 5.09. The van der Waals surface area contributed by atoms with E-state index in [1.54, 1.807) is 6.07 Å². The van der Waals surface area contributed by atoms with Gasteiger partial charge >= 0.3 is 0 Å². The van der Waals surface area contributed by atoms with Crippen molar-refractivity contribution in [2.24, 2.45) is 17.8 Å². The van der Waals surface area contributed by atoms with E-state index in [0.717, 1.165) is 56.6 Å². The molecule has 0 atom stereocenters. The average molecular weight is 460 g/mol. The normalized spacial score (nSPS) is 18.8. The highest BCUT2D eigenvalue weighted by Gasteiger charge is 2.28. The minimum absolute atomic E-state index is 0.0705. The van der Waals surface area contributed by atoms with Crippen molar-refractivity contribution in [3.05, 3.63) is 29.6 Å². The van der Waals surface area contributed by atoms with Gasteiger partial charge in [0.2, 0.25) is 11.8 Å². The molecule has 1 aliphatic carbocycles. The molecule has 3 rings (SSSR count). The number of fused-ring (bicyclic) bond motifs is 1. The summed E-state index contributed by atoms with van der Waals surface area (Å²) in [6.07, 6.45) is 5.07. The monoisotopic (exact) mass is 459 g/mol. The van der Waals surface area contributed by atoms with Crippen LogP contribution in [0.2, 0.25) is 0 Å². The minimum Gasteiger partial charge on any atom is -0.338 e. The molecule has 2 aliphatic rings. The van der Waals surface area contributed by atoms with Gasteiger partial charge in [-0.15, -0.1) is 0 Å². The smallest absolute Gasteiger partial charge is 0.227 e. The zero-order valence-corrected chi connectivity index (χ0v) is 21.0. The van der Waals surface area contributed by atoms with Crippen molar-refractivity contribution in [3.8, 4) is 0 Å². The number of benzene rings is 1. The summed E-state index contributed by atoms with van der Waals surface area (Å²) in [6.45, 7) is 13.0. The first-order valence-corrected chi connectivity index (χ1v) is 12.8. The van der Waals surface area contributed by atoms with Gasteiger partial charge in [-0.05, 0) is 80.3 Å². The molecule has 0 bridgehead atoms. The molecule has 1 heterocycles. The van der Waals surface area contributed by atoms with E-state index in [9.17, 15) is 14.0 Å². The Labute approximate surface area is 199 Å². The second-order valence-electron chi connectivity index (χ2n) is 10.8. The lowest BCUT2D eigenvalue weighted by Crippen LogP contribution is -2.40. The Morgan fingerprint density at radius 1 is 0.970 bits per heavy atom. The number of nitrogens with zero attached hydrogens (tertiary/aromatic N) is 3. The van der Waals surface area contributed by atoms with Crippen molar-refractivity contribution in [2.75, 3.05) is 37.6 Å². The highest BCUT2D eigenvalue weighted by atomic mass is 19.1. The lowest BCUT2D eigenvalue weighted by molar-refractivity contribution is -0.132. The van der Waals surface area contributed by atoms with Crippen LogP contribution in [0.1, 0.15) is 71.8 Å². The van der Waals surface area contributed by atoms with Gasteiger partial charge in [-0.2, -0.15) is 0 Å². The van der Waals surface area contributed by atoms with Gasteiger partial charge in [-0.25, -0.2) is 4.39 Å². The maximum Gasteiger partial charge on any atom is 0.227 e. The van der Waals surface area contributed by atoms with Crippen molar-refractivity contribution in [3.63, 3.8) is 0 Å². The van der Waals surface area contributed by atoms with Crippen LogP contribution in [0.4, 0.5) is 10.1 Å². The van der Waals surface area contributed by atoms with Gasteiger partial charge in [0, 0.05) is 44.7 Å². The first-order valence-electron chi connectivity index (χ1n) is 12.8. The number of rotatable bonds is 6. The molecule has 33 heavy (non-hydrogen) atoms. The van der Waals surface area contributed by atoms with Gasteiger partial charge in [0.25, 0.3) is 0 Å². The lowest BCUT2D eigenvalue weighted by atomic mass is 10.1. The summed E-state index contributed by atoms with van der Waals surface area (Å²) in [5, 5.41) is 0. The SMILES string of the molecule is CC(C)CC(=O)N1CCCN(CC(C)C)CCCN(C(=O)CC2CC2)Cc2cc(F)ccc21. The molecule has 2 amide bonds. The quantitative estimate of drug-likeness (QED) is 0.595. The third-order valence-corrected chi connectivity index (χ3v) is 6.47. The molecule has 0 saturated heterocycles. The van der Waals surface area contributed by atoms with Gasteiger partial charge in [-0.3, -0.25) is 9.59 Å². The van der Waals surface area contributed by atoms with Gasteiger partial charge in [0.05, 0.1) is 0 Å². The van der Waals surface area contributed by atoms with E-state index in [0.29, 0.717) is 44.3 Å². The predicted molar refractivity (Wildman–Crippen MR) is 131 cm³/mol. The summed E-state index contributed by atoms with van der Waals surface area (Å²) >= 11 is 0. The van der Waals surface area contributed by atoms with Crippen LogP contribution in [-0.2, 0) is 16.1 Å². The molecule has 0 unspecified atom stereocenters. The minimum atomic E-state index is -0.324. The van der Waals surface area contributed by atoms with E-state index in [2.05, 4.69) is 18.7 Å². The molecule has 1 aromatic rings. The molecule has 0 spiro atoms. The van der Waals surface area contributed by atoms with E-state index in [-0.39, 0.29) is 23.5 Å². The first-order chi connectivity index (χ1) is 15.7. The van der Waals surface area contributed by atoms with Crippen LogP contribution in [-0.4, -0.2) is 54.3 Å². The Kier molecular flexibility index (Phi) is 9.30. The van der Waals surface area contributed by atoms with Crippen molar-refractivity contribution < 1.29 is 14.0 Å².